The minimum absolute atomic E-state index is 0.474. The van der Waals surface area contributed by atoms with Gasteiger partial charge in [-0.3, -0.25) is 0 Å². The maximum absolute atomic E-state index is 5.83. The predicted molar refractivity (Wildman–Crippen MR) is 69.0 cm³/mol. The fraction of sp³-hybridized carbons (Fsp3) is 0.583. The van der Waals surface area contributed by atoms with Crippen LogP contribution in [0.2, 0.25) is 5.15 Å². The number of halogens is 2. The lowest BCUT2D eigenvalue weighted by Gasteiger charge is -2.21. The maximum atomic E-state index is 5.83. The van der Waals surface area contributed by atoms with Crippen molar-refractivity contribution in [3.05, 3.63) is 21.8 Å². The van der Waals surface area contributed by atoms with E-state index in [9.17, 15) is 0 Å². The van der Waals surface area contributed by atoms with E-state index in [-0.39, 0.29) is 0 Å². The van der Waals surface area contributed by atoms with Crippen LogP contribution in [-0.2, 0) is 0 Å². The molecule has 0 bridgehead atoms. The average Bonchev–Trinajstić information content (AvgIpc) is 2.32. The van der Waals surface area contributed by atoms with Gasteiger partial charge in [0.05, 0.1) is 11.1 Å². The first-order chi connectivity index (χ1) is 7.75. The van der Waals surface area contributed by atoms with Crippen LogP contribution in [0.5, 0.6) is 5.88 Å². The zero-order chi connectivity index (χ0) is 11.4. The highest BCUT2D eigenvalue weighted by molar-refractivity contribution is 9.10. The first kappa shape index (κ1) is 12.2. The van der Waals surface area contributed by atoms with Gasteiger partial charge in [-0.2, -0.15) is 0 Å². The van der Waals surface area contributed by atoms with E-state index in [1.807, 2.05) is 6.07 Å². The molecule has 1 aromatic rings. The lowest BCUT2D eigenvalue weighted by atomic mass is 9.90. The predicted octanol–water partition coefficient (Wildman–Crippen LogP) is 4.46. The summed E-state index contributed by atoms with van der Waals surface area (Å²) in [5, 5.41) is 0.474. The van der Waals surface area contributed by atoms with Crippen molar-refractivity contribution in [3.63, 3.8) is 0 Å². The molecule has 1 heterocycles. The highest BCUT2D eigenvalue weighted by atomic mass is 79.9. The molecule has 0 spiro atoms. The zero-order valence-corrected chi connectivity index (χ0v) is 11.4. The summed E-state index contributed by atoms with van der Waals surface area (Å²) >= 11 is 9.24. The molecule has 88 valence electrons. The van der Waals surface area contributed by atoms with Gasteiger partial charge >= 0.3 is 0 Å². The summed E-state index contributed by atoms with van der Waals surface area (Å²) in [5.74, 6) is 1.29. The van der Waals surface area contributed by atoms with Crippen molar-refractivity contribution in [1.29, 1.82) is 0 Å². The standard InChI is InChI=1S/C12H15BrClNO/c13-10-6-7-11(14)15-12(10)16-8-9-4-2-1-3-5-9/h6-7,9H,1-5,8H2. The van der Waals surface area contributed by atoms with Crippen molar-refractivity contribution in [2.24, 2.45) is 5.92 Å². The molecule has 2 rings (SSSR count). The van der Waals surface area contributed by atoms with Gasteiger partial charge in [0.2, 0.25) is 5.88 Å². The Hall–Kier alpha value is -0.280. The Labute approximate surface area is 109 Å². The van der Waals surface area contributed by atoms with Gasteiger partial charge in [0, 0.05) is 0 Å². The van der Waals surface area contributed by atoms with Gasteiger partial charge in [0.15, 0.2) is 0 Å². The molecule has 1 fully saturated rings. The molecule has 0 atom stereocenters. The number of aromatic nitrogens is 1. The van der Waals surface area contributed by atoms with Gasteiger partial charge in [-0.25, -0.2) is 4.98 Å². The van der Waals surface area contributed by atoms with Crippen molar-refractivity contribution in [2.45, 2.75) is 32.1 Å². The van der Waals surface area contributed by atoms with Crippen molar-refractivity contribution in [3.8, 4) is 5.88 Å². The lowest BCUT2D eigenvalue weighted by molar-refractivity contribution is 0.202. The van der Waals surface area contributed by atoms with Gasteiger partial charge in [-0.15, -0.1) is 0 Å². The van der Waals surface area contributed by atoms with E-state index in [1.165, 1.54) is 32.1 Å². The number of ether oxygens (including phenoxy) is 1. The van der Waals surface area contributed by atoms with Gasteiger partial charge in [0.1, 0.15) is 5.15 Å². The Kier molecular flexibility index (Phi) is 4.47. The molecule has 16 heavy (non-hydrogen) atoms. The molecule has 1 aliphatic rings. The minimum atomic E-state index is 0.474. The molecule has 0 saturated heterocycles. The topological polar surface area (TPSA) is 22.1 Å². The largest absolute Gasteiger partial charge is 0.477 e. The van der Waals surface area contributed by atoms with E-state index in [4.69, 9.17) is 16.3 Å². The number of hydrogen-bond donors (Lipinski definition) is 0. The first-order valence-electron chi connectivity index (χ1n) is 5.70. The highest BCUT2D eigenvalue weighted by Gasteiger charge is 2.15. The second kappa shape index (κ2) is 5.87. The van der Waals surface area contributed by atoms with Gasteiger partial charge in [-0.1, -0.05) is 30.9 Å². The molecule has 1 aromatic heterocycles. The lowest BCUT2D eigenvalue weighted by Crippen LogP contribution is -2.15. The second-order valence-electron chi connectivity index (χ2n) is 4.24. The van der Waals surface area contributed by atoms with Crippen LogP contribution in [0.3, 0.4) is 0 Å². The summed E-state index contributed by atoms with van der Waals surface area (Å²) in [6.07, 6.45) is 6.59. The first-order valence-corrected chi connectivity index (χ1v) is 6.87. The minimum Gasteiger partial charge on any atom is -0.477 e. The Morgan fingerprint density at radius 2 is 2.06 bits per heavy atom. The molecule has 4 heteroatoms. The second-order valence-corrected chi connectivity index (χ2v) is 5.48. The number of rotatable bonds is 3. The average molecular weight is 305 g/mol. The molecule has 0 amide bonds. The molecule has 0 unspecified atom stereocenters. The van der Waals surface area contributed by atoms with Crippen LogP contribution in [0.15, 0.2) is 16.6 Å². The van der Waals surface area contributed by atoms with E-state index in [2.05, 4.69) is 20.9 Å². The zero-order valence-electron chi connectivity index (χ0n) is 9.09. The van der Waals surface area contributed by atoms with E-state index in [1.54, 1.807) is 6.07 Å². The third-order valence-corrected chi connectivity index (χ3v) is 3.77. The van der Waals surface area contributed by atoms with E-state index in [0.717, 1.165) is 11.1 Å². The summed E-state index contributed by atoms with van der Waals surface area (Å²) in [7, 11) is 0. The monoisotopic (exact) mass is 303 g/mol. The summed E-state index contributed by atoms with van der Waals surface area (Å²) in [5.41, 5.74) is 0. The van der Waals surface area contributed by atoms with Crippen LogP contribution in [0, 0.1) is 5.92 Å². The maximum Gasteiger partial charge on any atom is 0.229 e. The Morgan fingerprint density at radius 1 is 1.31 bits per heavy atom. The fourth-order valence-electron chi connectivity index (χ4n) is 2.05. The molecular weight excluding hydrogens is 289 g/mol. The van der Waals surface area contributed by atoms with Crippen LogP contribution >= 0.6 is 27.5 Å². The van der Waals surface area contributed by atoms with Crippen molar-refractivity contribution in [1.82, 2.24) is 4.98 Å². The molecule has 1 aliphatic carbocycles. The Balaban J connectivity index is 1.90. The molecular formula is C12H15BrClNO. The molecule has 2 nitrogen and oxygen atoms in total. The highest BCUT2D eigenvalue weighted by Crippen LogP contribution is 2.27. The van der Waals surface area contributed by atoms with Gasteiger partial charge in [-0.05, 0) is 46.8 Å². The van der Waals surface area contributed by atoms with Crippen molar-refractivity contribution < 1.29 is 4.74 Å². The fourth-order valence-corrected chi connectivity index (χ4v) is 2.53. The van der Waals surface area contributed by atoms with Gasteiger partial charge < -0.3 is 4.74 Å². The number of nitrogens with zero attached hydrogens (tertiary/aromatic N) is 1. The van der Waals surface area contributed by atoms with E-state index in [0.29, 0.717) is 17.0 Å². The molecule has 0 N–H and O–H groups in total. The Bertz CT molecular complexity index is 353. The number of pyridine rings is 1. The van der Waals surface area contributed by atoms with E-state index >= 15 is 0 Å². The number of hydrogen-bond acceptors (Lipinski definition) is 2. The van der Waals surface area contributed by atoms with Crippen LogP contribution in [-0.4, -0.2) is 11.6 Å². The third-order valence-electron chi connectivity index (χ3n) is 2.96. The summed E-state index contributed by atoms with van der Waals surface area (Å²) < 4.78 is 6.58. The summed E-state index contributed by atoms with van der Waals surface area (Å²) in [6.45, 7) is 0.756. The van der Waals surface area contributed by atoms with Crippen LogP contribution in [0.4, 0.5) is 0 Å². The molecule has 0 aromatic carbocycles. The summed E-state index contributed by atoms with van der Waals surface area (Å²) in [4.78, 5) is 4.15. The molecule has 0 aliphatic heterocycles. The van der Waals surface area contributed by atoms with Crippen LogP contribution < -0.4 is 4.74 Å². The normalized spacial score (nSPS) is 17.4. The van der Waals surface area contributed by atoms with Crippen LogP contribution in [0.1, 0.15) is 32.1 Å². The smallest absolute Gasteiger partial charge is 0.229 e. The molecule has 0 radical (unpaired) electrons. The SMILES string of the molecule is Clc1ccc(Br)c(OCC2CCCCC2)n1. The third kappa shape index (κ3) is 3.36. The summed E-state index contributed by atoms with van der Waals surface area (Å²) in [6, 6.07) is 3.62. The van der Waals surface area contributed by atoms with Gasteiger partial charge in [0.25, 0.3) is 0 Å². The van der Waals surface area contributed by atoms with Crippen molar-refractivity contribution >= 4 is 27.5 Å². The van der Waals surface area contributed by atoms with Crippen molar-refractivity contribution in [2.75, 3.05) is 6.61 Å². The molecule has 1 saturated carbocycles. The van der Waals surface area contributed by atoms with Crippen LogP contribution in [0.25, 0.3) is 0 Å². The Morgan fingerprint density at radius 3 is 2.81 bits per heavy atom. The van der Waals surface area contributed by atoms with E-state index < -0.39 is 0 Å². The quantitative estimate of drug-likeness (QED) is 0.769.